The Morgan fingerprint density at radius 3 is 2.72 bits per heavy atom. The molecule has 0 saturated carbocycles. The molecule has 3 aromatic rings. The van der Waals surface area contributed by atoms with Gasteiger partial charge in [-0.3, -0.25) is 4.79 Å². The summed E-state index contributed by atoms with van der Waals surface area (Å²) in [6.07, 6.45) is 0.645. The molecule has 1 heterocycles. The van der Waals surface area contributed by atoms with Crippen LogP contribution < -0.4 is 5.32 Å². The number of anilines is 1. The van der Waals surface area contributed by atoms with Crippen LogP contribution in [0.4, 0.5) is 5.69 Å². The van der Waals surface area contributed by atoms with Crippen LogP contribution in [0, 0.1) is 10.5 Å². The van der Waals surface area contributed by atoms with Crippen molar-refractivity contribution in [2.75, 3.05) is 5.32 Å². The zero-order valence-electron chi connectivity index (χ0n) is 13.4. The van der Waals surface area contributed by atoms with Crippen molar-refractivity contribution in [3.05, 3.63) is 62.5 Å². The number of hydrogen-bond acceptors (Lipinski definition) is 4. The lowest BCUT2D eigenvalue weighted by atomic mass is 10.2. The Hall–Kier alpha value is -1.93. The van der Waals surface area contributed by atoms with E-state index in [9.17, 15) is 4.79 Å². The zero-order valence-corrected chi connectivity index (χ0v) is 16.3. The molecule has 7 heteroatoms. The summed E-state index contributed by atoms with van der Waals surface area (Å²) in [6, 6.07) is 13.2. The second-order valence-corrected chi connectivity index (χ2v) is 7.21. The lowest BCUT2D eigenvalue weighted by molar-refractivity contribution is -0.116. The van der Waals surface area contributed by atoms with Gasteiger partial charge in [0.1, 0.15) is 0 Å². The average Bonchev–Trinajstić information content (AvgIpc) is 3.05. The Balaban J connectivity index is 1.58. The molecule has 0 radical (unpaired) electrons. The number of hydrogen-bond donors (Lipinski definition) is 1. The third-order valence-electron chi connectivity index (χ3n) is 3.60. The molecule has 1 aromatic heterocycles. The minimum Gasteiger partial charge on any atom is -0.339 e. The van der Waals surface area contributed by atoms with Gasteiger partial charge >= 0.3 is 0 Å². The molecule has 0 aliphatic heterocycles. The van der Waals surface area contributed by atoms with Crippen LogP contribution in [0.5, 0.6) is 0 Å². The number of amides is 1. The summed E-state index contributed by atoms with van der Waals surface area (Å²) in [7, 11) is 0. The number of carbonyl (C=O) groups excluding carboxylic acids is 1. The van der Waals surface area contributed by atoms with Gasteiger partial charge in [-0.25, -0.2) is 0 Å². The molecule has 0 bridgehead atoms. The van der Waals surface area contributed by atoms with Gasteiger partial charge in [-0.15, -0.1) is 0 Å². The molecule has 0 unspecified atom stereocenters. The van der Waals surface area contributed by atoms with E-state index in [4.69, 9.17) is 16.1 Å². The molecule has 25 heavy (non-hydrogen) atoms. The molecule has 0 aliphatic carbocycles. The molecule has 5 nitrogen and oxygen atoms in total. The van der Waals surface area contributed by atoms with Crippen molar-refractivity contribution in [1.82, 2.24) is 10.1 Å². The number of halogens is 2. The number of nitrogens with one attached hydrogen (secondary N) is 1. The number of rotatable bonds is 5. The minimum absolute atomic E-state index is 0.112. The van der Waals surface area contributed by atoms with Gasteiger partial charge < -0.3 is 9.84 Å². The fourth-order valence-electron chi connectivity index (χ4n) is 2.27. The molecule has 0 saturated heterocycles. The van der Waals surface area contributed by atoms with Gasteiger partial charge in [0.2, 0.25) is 17.6 Å². The van der Waals surface area contributed by atoms with Crippen LogP contribution in [0.1, 0.15) is 17.9 Å². The van der Waals surface area contributed by atoms with Crippen LogP contribution in [0.25, 0.3) is 11.4 Å². The molecule has 2 aromatic carbocycles. The van der Waals surface area contributed by atoms with E-state index in [0.717, 1.165) is 20.4 Å². The first kappa shape index (κ1) is 17.9. The Bertz CT molecular complexity index is 894. The molecule has 0 atom stereocenters. The standard InChI is InChI=1S/C18H15ClIN3O2/c1-11-10-13(19)4-7-15(11)21-16(24)8-9-17-22-18(23-25-17)12-2-5-14(20)6-3-12/h2-7,10H,8-9H2,1H3,(H,21,24). The topological polar surface area (TPSA) is 68.0 Å². The predicted octanol–water partition coefficient (Wildman–Crippen LogP) is 4.87. The SMILES string of the molecule is Cc1cc(Cl)ccc1NC(=O)CCc1nc(-c2ccc(I)cc2)no1. The lowest BCUT2D eigenvalue weighted by Crippen LogP contribution is -2.13. The maximum Gasteiger partial charge on any atom is 0.227 e. The first-order chi connectivity index (χ1) is 12.0. The molecule has 1 amide bonds. The van der Waals surface area contributed by atoms with Crippen LogP contribution in [-0.4, -0.2) is 16.0 Å². The van der Waals surface area contributed by atoms with Gasteiger partial charge in [-0.1, -0.05) is 28.9 Å². The summed E-state index contributed by atoms with van der Waals surface area (Å²) >= 11 is 8.15. The monoisotopic (exact) mass is 467 g/mol. The fraction of sp³-hybridized carbons (Fsp3) is 0.167. The smallest absolute Gasteiger partial charge is 0.227 e. The van der Waals surface area contributed by atoms with Gasteiger partial charge in [0.15, 0.2) is 0 Å². The highest BCUT2D eigenvalue weighted by Crippen LogP contribution is 2.20. The third kappa shape index (κ3) is 4.79. The largest absolute Gasteiger partial charge is 0.339 e. The maximum absolute atomic E-state index is 12.1. The molecule has 3 rings (SSSR count). The Kier molecular flexibility index (Phi) is 5.70. The van der Waals surface area contributed by atoms with Crippen molar-refractivity contribution in [1.29, 1.82) is 0 Å². The van der Waals surface area contributed by atoms with Crippen molar-refractivity contribution in [3.8, 4) is 11.4 Å². The van der Waals surface area contributed by atoms with Crippen molar-refractivity contribution in [2.45, 2.75) is 19.8 Å². The van der Waals surface area contributed by atoms with Gasteiger partial charge in [0.05, 0.1) is 0 Å². The fourth-order valence-corrected chi connectivity index (χ4v) is 2.86. The van der Waals surface area contributed by atoms with E-state index in [-0.39, 0.29) is 12.3 Å². The maximum atomic E-state index is 12.1. The van der Waals surface area contributed by atoms with E-state index in [0.29, 0.717) is 23.2 Å². The van der Waals surface area contributed by atoms with Crippen molar-refractivity contribution >= 4 is 45.8 Å². The molecule has 0 spiro atoms. The highest BCUT2D eigenvalue weighted by Gasteiger charge is 2.11. The Labute approximate surface area is 163 Å². The van der Waals surface area contributed by atoms with Gasteiger partial charge in [0.25, 0.3) is 0 Å². The first-order valence-corrected chi connectivity index (χ1v) is 9.11. The Morgan fingerprint density at radius 2 is 2.00 bits per heavy atom. The number of carbonyl (C=O) groups is 1. The summed E-state index contributed by atoms with van der Waals surface area (Å²) in [4.78, 5) is 16.4. The Morgan fingerprint density at radius 1 is 1.24 bits per heavy atom. The van der Waals surface area contributed by atoms with Gasteiger partial charge in [-0.05, 0) is 65.4 Å². The van der Waals surface area contributed by atoms with E-state index in [1.165, 1.54) is 0 Å². The van der Waals surface area contributed by atoms with Crippen LogP contribution in [0.2, 0.25) is 5.02 Å². The molecule has 128 valence electrons. The van der Waals surface area contributed by atoms with Gasteiger partial charge in [-0.2, -0.15) is 4.98 Å². The van der Waals surface area contributed by atoms with Gasteiger partial charge in [0, 0.05) is 32.7 Å². The highest BCUT2D eigenvalue weighted by atomic mass is 127. The van der Waals surface area contributed by atoms with Crippen molar-refractivity contribution in [2.24, 2.45) is 0 Å². The molecular formula is C18H15ClIN3O2. The molecule has 0 aliphatic rings. The summed E-state index contributed by atoms with van der Waals surface area (Å²) in [5.41, 5.74) is 2.55. The molecule has 0 fully saturated rings. The first-order valence-electron chi connectivity index (χ1n) is 7.66. The second-order valence-electron chi connectivity index (χ2n) is 5.53. The average molecular weight is 468 g/mol. The number of benzene rings is 2. The van der Waals surface area contributed by atoms with Crippen LogP contribution in [0.15, 0.2) is 47.0 Å². The van der Waals surface area contributed by atoms with Crippen molar-refractivity contribution < 1.29 is 9.32 Å². The number of aromatic nitrogens is 2. The van der Waals surface area contributed by atoms with Crippen LogP contribution in [0.3, 0.4) is 0 Å². The van der Waals surface area contributed by atoms with Crippen molar-refractivity contribution in [3.63, 3.8) is 0 Å². The normalized spacial score (nSPS) is 10.7. The van der Waals surface area contributed by atoms with Crippen LogP contribution >= 0.6 is 34.2 Å². The summed E-state index contributed by atoms with van der Waals surface area (Å²) < 4.78 is 6.37. The molecular weight excluding hydrogens is 453 g/mol. The quantitative estimate of drug-likeness (QED) is 0.543. The third-order valence-corrected chi connectivity index (χ3v) is 4.55. The highest BCUT2D eigenvalue weighted by molar-refractivity contribution is 14.1. The predicted molar refractivity (Wildman–Crippen MR) is 106 cm³/mol. The van der Waals surface area contributed by atoms with E-state index in [2.05, 4.69) is 38.0 Å². The zero-order chi connectivity index (χ0) is 17.8. The van der Waals surface area contributed by atoms with E-state index < -0.39 is 0 Å². The minimum atomic E-state index is -0.112. The summed E-state index contributed by atoms with van der Waals surface area (Å²) in [5.74, 6) is 0.858. The van der Waals surface area contributed by atoms with E-state index in [1.807, 2.05) is 37.3 Å². The van der Waals surface area contributed by atoms with E-state index in [1.54, 1.807) is 12.1 Å². The number of aryl methyl sites for hydroxylation is 2. The van der Waals surface area contributed by atoms with Crippen LogP contribution in [-0.2, 0) is 11.2 Å². The summed E-state index contributed by atoms with van der Waals surface area (Å²) in [6.45, 7) is 1.90. The number of nitrogens with zero attached hydrogens (tertiary/aromatic N) is 2. The second kappa shape index (κ2) is 7.97. The molecule has 1 N–H and O–H groups in total. The summed E-state index contributed by atoms with van der Waals surface area (Å²) in [5, 5.41) is 7.47. The van der Waals surface area contributed by atoms with E-state index >= 15 is 0 Å². The lowest BCUT2D eigenvalue weighted by Gasteiger charge is -2.07.